The van der Waals surface area contributed by atoms with Crippen molar-refractivity contribution in [2.45, 2.75) is 88.9 Å². The quantitative estimate of drug-likeness (QED) is 0.292. The van der Waals surface area contributed by atoms with Crippen molar-refractivity contribution in [3.63, 3.8) is 0 Å². The SMILES string of the molecule is Cc1cnc(NC2CCC(N[C@H](C)COC3(C(=O)O)CC3)CC2)cc1-c1cccc(NCC2(C#N)CCOCC2)n1. The molecule has 3 heterocycles. The third-order valence-electron chi connectivity index (χ3n) is 8.73. The lowest BCUT2D eigenvalue weighted by molar-refractivity contribution is -0.154. The van der Waals surface area contributed by atoms with Crippen LogP contribution in [0.2, 0.25) is 0 Å². The average molecular weight is 563 g/mol. The fourth-order valence-corrected chi connectivity index (χ4v) is 5.79. The van der Waals surface area contributed by atoms with Crippen molar-refractivity contribution in [3.8, 4) is 17.3 Å². The molecule has 0 unspecified atom stereocenters. The maximum absolute atomic E-state index is 11.3. The molecule has 2 aromatic heterocycles. The summed E-state index contributed by atoms with van der Waals surface area (Å²) < 4.78 is 11.2. The number of hydrogen-bond acceptors (Lipinski definition) is 9. The fourth-order valence-electron chi connectivity index (χ4n) is 5.79. The maximum Gasteiger partial charge on any atom is 0.335 e. The number of hydrogen-bond donors (Lipinski definition) is 4. The normalized spacial score (nSPS) is 23.6. The molecule has 1 aliphatic heterocycles. The topological polar surface area (TPSA) is 141 Å². The molecule has 2 saturated carbocycles. The van der Waals surface area contributed by atoms with Crippen LogP contribution in [0.1, 0.15) is 63.9 Å². The Hall–Kier alpha value is -3.26. The van der Waals surface area contributed by atoms with Crippen molar-refractivity contribution in [2.24, 2.45) is 5.41 Å². The van der Waals surface area contributed by atoms with Crippen molar-refractivity contribution in [1.82, 2.24) is 15.3 Å². The third-order valence-corrected chi connectivity index (χ3v) is 8.73. The van der Waals surface area contributed by atoms with Crippen molar-refractivity contribution < 1.29 is 19.4 Å². The molecule has 0 amide bonds. The van der Waals surface area contributed by atoms with Gasteiger partial charge in [-0.05, 0) is 89.0 Å². The summed E-state index contributed by atoms with van der Waals surface area (Å²) in [5, 5.41) is 29.7. The van der Waals surface area contributed by atoms with Gasteiger partial charge in [-0.1, -0.05) is 6.07 Å². The molecule has 0 spiro atoms. The lowest BCUT2D eigenvalue weighted by atomic mass is 9.82. The van der Waals surface area contributed by atoms with E-state index in [2.05, 4.69) is 40.0 Å². The molecule has 2 aliphatic carbocycles. The Bertz CT molecular complexity index is 1250. The second kappa shape index (κ2) is 12.7. The van der Waals surface area contributed by atoms with Gasteiger partial charge in [-0.2, -0.15) is 5.26 Å². The molecule has 220 valence electrons. The standard InChI is InChI=1S/C31H42N6O4/c1-21-17-33-28(36-24-8-6-23(7-9-24)35-22(2)18-41-31(10-11-31)29(38)39)16-25(21)26-4-3-5-27(37-26)34-20-30(19-32)12-14-40-15-13-30/h3-5,16-17,22-24,35H,6-15,18,20H2,1-2H3,(H,33,36)(H,34,37)(H,38,39)/t22-,23?,24?/m1/s1. The van der Waals surface area contributed by atoms with E-state index in [0.29, 0.717) is 51.3 Å². The predicted molar refractivity (Wildman–Crippen MR) is 157 cm³/mol. The number of pyridine rings is 2. The van der Waals surface area contributed by atoms with Gasteiger partial charge in [0, 0.05) is 49.6 Å². The summed E-state index contributed by atoms with van der Waals surface area (Å²) in [4.78, 5) is 20.8. The van der Waals surface area contributed by atoms with Crippen LogP contribution in [0.5, 0.6) is 0 Å². The van der Waals surface area contributed by atoms with Crippen LogP contribution >= 0.6 is 0 Å². The molecule has 10 nitrogen and oxygen atoms in total. The van der Waals surface area contributed by atoms with Gasteiger partial charge in [0.15, 0.2) is 5.60 Å². The largest absolute Gasteiger partial charge is 0.479 e. The van der Waals surface area contributed by atoms with Gasteiger partial charge in [-0.15, -0.1) is 0 Å². The Morgan fingerprint density at radius 3 is 2.59 bits per heavy atom. The monoisotopic (exact) mass is 562 g/mol. The number of nitrogens with one attached hydrogen (secondary N) is 3. The Balaban J connectivity index is 1.13. The summed E-state index contributed by atoms with van der Waals surface area (Å²) in [6, 6.07) is 11.4. The Kier molecular flexibility index (Phi) is 9.07. The zero-order chi connectivity index (χ0) is 28.9. The van der Waals surface area contributed by atoms with Crippen LogP contribution in [0.3, 0.4) is 0 Å². The first-order valence-electron chi connectivity index (χ1n) is 14.9. The zero-order valence-electron chi connectivity index (χ0n) is 24.1. The lowest BCUT2D eigenvalue weighted by Gasteiger charge is -2.32. The fraction of sp³-hybridized carbons (Fsp3) is 0.613. The summed E-state index contributed by atoms with van der Waals surface area (Å²) in [5.41, 5.74) is 1.61. The molecule has 0 aromatic carbocycles. The van der Waals surface area contributed by atoms with E-state index >= 15 is 0 Å². The smallest absolute Gasteiger partial charge is 0.335 e. The average Bonchev–Trinajstić information content (AvgIpc) is 3.79. The summed E-state index contributed by atoms with van der Waals surface area (Å²) >= 11 is 0. The van der Waals surface area contributed by atoms with Crippen molar-refractivity contribution in [2.75, 3.05) is 37.0 Å². The number of aryl methyl sites for hydroxylation is 1. The number of anilines is 2. The van der Waals surface area contributed by atoms with Gasteiger partial charge >= 0.3 is 5.97 Å². The maximum atomic E-state index is 11.3. The van der Waals surface area contributed by atoms with Gasteiger partial charge in [0.2, 0.25) is 0 Å². The van der Waals surface area contributed by atoms with Gasteiger partial charge in [0.1, 0.15) is 11.6 Å². The molecule has 5 rings (SSSR count). The van der Waals surface area contributed by atoms with E-state index in [-0.39, 0.29) is 6.04 Å². The van der Waals surface area contributed by atoms with E-state index in [9.17, 15) is 15.2 Å². The van der Waals surface area contributed by atoms with E-state index in [1.807, 2.05) is 31.3 Å². The van der Waals surface area contributed by atoms with Gasteiger partial charge in [-0.25, -0.2) is 14.8 Å². The number of carboxylic acid groups (broad SMARTS) is 1. The van der Waals surface area contributed by atoms with Crippen molar-refractivity contribution in [3.05, 3.63) is 36.0 Å². The molecule has 1 saturated heterocycles. The minimum absolute atomic E-state index is 0.113. The number of carbonyl (C=O) groups is 1. The zero-order valence-corrected chi connectivity index (χ0v) is 24.1. The Labute approximate surface area is 242 Å². The molecule has 0 bridgehead atoms. The molecular formula is C31H42N6O4. The highest BCUT2D eigenvalue weighted by molar-refractivity contribution is 5.80. The number of aromatic nitrogens is 2. The van der Waals surface area contributed by atoms with Crippen LogP contribution in [-0.2, 0) is 14.3 Å². The highest BCUT2D eigenvalue weighted by Gasteiger charge is 2.52. The van der Waals surface area contributed by atoms with Gasteiger partial charge in [-0.3, -0.25) is 0 Å². The summed E-state index contributed by atoms with van der Waals surface area (Å²) in [7, 11) is 0. The van der Waals surface area contributed by atoms with E-state index in [4.69, 9.17) is 14.5 Å². The van der Waals surface area contributed by atoms with E-state index < -0.39 is 17.0 Å². The van der Waals surface area contributed by atoms with Gasteiger partial charge < -0.3 is 30.5 Å². The van der Waals surface area contributed by atoms with E-state index in [1.54, 1.807) is 0 Å². The highest BCUT2D eigenvalue weighted by atomic mass is 16.5. The number of nitriles is 1. The molecule has 3 aliphatic rings. The molecule has 41 heavy (non-hydrogen) atoms. The predicted octanol–water partition coefficient (Wildman–Crippen LogP) is 4.52. The van der Waals surface area contributed by atoms with Crippen LogP contribution < -0.4 is 16.0 Å². The second-order valence-electron chi connectivity index (χ2n) is 12.0. The van der Waals surface area contributed by atoms with Crippen LogP contribution in [0.15, 0.2) is 30.5 Å². The van der Waals surface area contributed by atoms with E-state index in [1.165, 1.54) is 0 Å². The van der Waals surface area contributed by atoms with Crippen LogP contribution in [-0.4, -0.2) is 71.1 Å². The molecule has 0 radical (unpaired) electrons. The molecule has 1 atom stereocenters. The summed E-state index contributed by atoms with van der Waals surface area (Å²) in [6.07, 6.45) is 8.70. The minimum Gasteiger partial charge on any atom is -0.479 e. The lowest BCUT2D eigenvalue weighted by Crippen LogP contribution is -2.44. The number of aliphatic carboxylic acids is 1. The number of carboxylic acids is 1. The highest BCUT2D eigenvalue weighted by Crippen LogP contribution is 2.40. The molecule has 4 N–H and O–H groups in total. The van der Waals surface area contributed by atoms with Crippen LogP contribution in [0, 0.1) is 23.7 Å². The first-order valence-corrected chi connectivity index (χ1v) is 14.9. The van der Waals surface area contributed by atoms with E-state index in [0.717, 1.165) is 67.0 Å². The van der Waals surface area contributed by atoms with Crippen LogP contribution in [0.25, 0.3) is 11.3 Å². The molecule has 2 aromatic rings. The van der Waals surface area contributed by atoms with Crippen molar-refractivity contribution >= 4 is 17.6 Å². The second-order valence-corrected chi connectivity index (χ2v) is 12.0. The summed E-state index contributed by atoms with van der Waals surface area (Å²) in [5.74, 6) is 0.761. The van der Waals surface area contributed by atoms with Gasteiger partial charge in [0.25, 0.3) is 0 Å². The Morgan fingerprint density at radius 2 is 1.90 bits per heavy atom. The third kappa shape index (κ3) is 7.34. The first-order chi connectivity index (χ1) is 19.8. The molecule has 3 fully saturated rings. The number of rotatable bonds is 12. The number of nitrogens with zero attached hydrogens (tertiary/aromatic N) is 3. The first kappa shape index (κ1) is 29.2. The minimum atomic E-state index is -0.935. The number of ether oxygens (including phenoxy) is 2. The molecule has 10 heteroatoms. The summed E-state index contributed by atoms with van der Waals surface area (Å²) in [6.45, 7) is 6.32. The molecular weight excluding hydrogens is 520 g/mol. The van der Waals surface area contributed by atoms with Crippen molar-refractivity contribution in [1.29, 1.82) is 5.26 Å². The van der Waals surface area contributed by atoms with Gasteiger partial charge in [0.05, 0.1) is 23.8 Å². The van der Waals surface area contributed by atoms with Crippen LogP contribution in [0.4, 0.5) is 11.6 Å². The Morgan fingerprint density at radius 1 is 1.17 bits per heavy atom.